The summed E-state index contributed by atoms with van der Waals surface area (Å²) in [7, 11) is 0. The third-order valence-corrected chi connectivity index (χ3v) is 7.54. The Labute approximate surface area is 210 Å². The third kappa shape index (κ3) is 5.97. The van der Waals surface area contributed by atoms with Crippen LogP contribution in [0.5, 0.6) is 5.75 Å². The van der Waals surface area contributed by atoms with E-state index in [0.717, 1.165) is 50.9 Å². The summed E-state index contributed by atoms with van der Waals surface area (Å²) in [5, 5.41) is 0. The summed E-state index contributed by atoms with van der Waals surface area (Å²) < 4.78 is 41.8. The molecule has 2 aromatic rings. The maximum absolute atomic E-state index is 13.4. The standard InChI is InChI=1S/C28H32F3N3O2/c29-28(30,31)36-26-12-10-22(11-13-26)24-16-25(19-34(18-24)27(35)23-8-4-5-9-23)33-15-14-32(20-33)17-21-6-2-1-3-7-21/h1-3,6-7,10-15,23-25H,4-5,8-9,16-20H2. The molecule has 36 heavy (non-hydrogen) atoms. The van der Waals surface area contributed by atoms with Gasteiger partial charge in [0.05, 0.1) is 6.67 Å². The second-order valence-corrected chi connectivity index (χ2v) is 10.1. The normalized spacial score (nSPS) is 22.9. The molecule has 2 fully saturated rings. The molecule has 0 N–H and O–H groups in total. The summed E-state index contributed by atoms with van der Waals surface area (Å²) in [5.74, 6) is 0.140. The number of nitrogens with zero attached hydrogens (tertiary/aromatic N) is 3. The van der Waals surface area contributed by atoms with Gasteiger partial charge in [0.15, 0.2) is 0 Å². The second-order valence-electron chi connectivity index (χ2n) is 10.1. The highest BCUT2D eigenvalue weighted by Gasteiger charge is 2.37. The lowest BCUT2D eigenvalue weighted by Gasteiger charge is -2.43. The number of hydrogen-bond donors (Lipinski definition) is 0. The van der Waals surface area contributed by atoms with Gasteiger partial charge in [-0.05, 0) is 42.5 Å². The lowest BCUT2D eigenvalue weighted by atomic mass is 9.86. The number of carbonyl (C=O) groups excluding carboxylic acids is 1. The van der Waals surface area contributed by atoms with Crippen LogP contribution in [0.2, 0.25) is 0 Å². The Balaban J connectivity index is 1.30. The van der Waals surface area contributed by atoms with Crippen LogP contribution in [0.4, 0.5) is 13.2 Å². The molecule has 1 aliphatic carbocycles. The summed E-state index contributed by atoms with van der Waals surface area (Å²) in [4.78, 5) is 19.9. The predicted molar refractivity (Wildman–Crippen MR) is 131 cm³/mol. The molecule has 3 aliphatic rings. The summed E-state index contributed by atoms with van der Waals surface area (Å²) in [6.45, 7) is 2.83. The number of carbonyl (C=O) groups is 1. The first-order valence-corrected chi connectivity index (χ1v) is 12.7. The maximum atomic E-state index is 13.4. The lowest BCUT2D eigenvalue weighted by Crippen LogP contribution is -2.52. The molecule has 8 heteroatoms. The fourth-order valence-corrected chi connectivity index (χ4v) is 5.75. The number of hydrogen-bond acceptors (Lipinski definition) is 4. The first kappa shape index (κ1) is 24.5. The van der Waals surface area contributed by atoms with Crippen LogP contribution >= 0.6 is 0 Å². The average molecular weight is 500 g/mol. The Hall–Kier alpha value is -3.16. The van der Waals surface area contributed by atoms with E-state index in [4.69, 9.17) is 0 Å². The Bertz CT molecular complexity index is 1050. The van der Waals surface area contributed by atoms with E-state index in [1.165, 1.54) is 17.7 Å². The van der Waals surface area contributed by atoms with Gasteiger partial charge >= 0.3 is 6.36 Å². The van der Waals surface area contributed by atoms with Gasteiger partial charge in [0.2, 0.25) is 5.91 Å². The van der Waals surface area contributed by atoms with Crippen LogP contribution in [0.25, 0.3) is 0 Å². The lowest BCUT2D eigenvalue weighted by molar-refractivity contribution is -0.274. The van der Waals surface area contributed by atoms with Gasteiger partial charge in [-0.3, -0.25) is 4.79 Å². The van der Waals surface area contributed by atoms with Crippen LogP contribution in [0, 0.1) is 5.92 Å². The zero-order valence-electron chi connectivity index (χ0n) is 20.2. The molecular weight excluding hydrogens is 467 g/mol. The molecule has 2 atom stereocenters. The molecule has 2 aromatic carbocycles. The topological polar surface area (TPSA) is 36.0 Å². The van der Waals surface area contributed by atoms with Crippen molar-refractivity contribution in [1.29, 1.82) is 0 Å². The highest BCUT2D eigenvalue weighted by Crippen LogP contribution is 2.35. The molecule has 5 rings (SSSR count). The van der Waals surface area contributed by atoms with E-state index in [9.17, 15) is 18.0 Å². The Morgan fingerprint density at radius 2 is 1.67 bits per heavy atom. The number of piperidine rings is 1. The zero-order valence-corrected chi connectivity index (χ0v) is 20.2. The average Bonchev–Trinajstić information content (AvgIpc) is 3.56. The molecule has 0 aromatic heterocycles. The molecule has 0 radical (unpaired) electrons. The summed E-state index contributed by atoms with van der Waals surface area (Å²) in [6.07, 6.45) is 4.41. The molecule has 2 aliphatic heterocycles. The number of ether oxygens (including phenoxy) is 1. The summed E-state index contributed by atoms with van der Waals surface area (Å²) in [6, 6.07) is 16.6. The molecular formula is C28H32F3N3O2. The molecule has 1 amide bonds. The van der Waals surface area contributed by atoms with Crippen molar-refractivity contribution in [2.45, 2.75) is 57.0 Å². The summed E-state index contributed by atoms with van der Waals surface area (Å²) in [5.41, 5.74) is 2.17. The molecule has 5 nitrogen and oxygen atoms in total. The minimum absolute atomic E-state index is 0.0469. The first-order chi connectivity index (χ1) is 17.3. The number of benzene rings is 2. The second kappa shape index (κ2) is 10.4. The largest absolute Gasteiger partial charge is 0.573 e. The highest BCUT2D eigenvalue weighted by molar-refractivity contribution is 5.79. The Kier molecular flexibility index (Phi) is 7.12. The SMILES string of the molecule is O=C(C1CCCC1)N1CC(c2ccc(OC(F)(F)F)cc2)CC(N2C=CN(Cc3ccccc3)C2)C1. The molecule has 2 heterocycles. The van der Waals surface area contributed by atoms with Gasteiger partial charge in [0.25, 0.3) is 0 Å². The predicted octanol–water partition coefficient (Wildman–Crippen LogP) is 5.71. The van der Waals surface area contributed by atoms with Crippen molar-refractivity contribution in [3.63, 3.8) is 0 Å². The van der Waals surface area contributed by atoms with E-state index in [1.54, 1.807) is 12.1 Å². The van der Waals surface area contributed by atoms with E-state index in [1.807, 2.05) is 23.1 Å². The van der Waals surface area contributed by atoms with E-state index in [2.05, 4.69) is 39.1 Å². The number of alkyl halides is 3. The van der Waals surface area contributed by atoms with E-state index in [0.29, 0.717) is 13.1 Å². The van der Waals surface area contributed by atoms with Gasteiger partial charge < -0.3 is 19.4 Å². The molecule has 1 saturated heterocycles. The van der Waals surface area contributed by atoms with Crippen molar-refractivity contribution < 1.29 is 22.7 Å². The van der Waals surface area contributed by atoms with Crippen LogP contribution in [0.15, 0.2) is 67.0 Å². The quantitative estimate of drug-likeness (QED) is 0.511. The van der Waals surface area contributed by atoms with Crippen LogP contribution in [0.1, 0.15) is 49.1 Å². The number of rotatable bonds is 6. The number of halogens is 3. The van der Waals surface area contributed by atoms with Gasteiger partial charge in [-0.1, -0.05) is 55.3 Å². The molecule has 2 unspecified atom stereocenters. The first-order valence-electron chi connectivity index (χ1n) is 12.7. The minimum atomic E-state index is -4.71. The Morgan fingerprint density at radius 1 is 0.944 bits per heavy atom. The van der Waals surface area contributed by atoms with E-state index >= 15 is 0 Å². The van der Waals surface area contributed by atoms with Gasteiger partial charge in [-0.2, -0.15) is 0 Å². The van der Waals surface area contributed by atoms with Crippen molar-refractivity contribution in [3.05, 3.63) is 78.1 Å². The summed E-state index contributed by atoms with van der Waals surface area (Å²) >= 11 is 0. The highest BCUT2D eigenvalue weighted by atomic mass is 19.4. The van der Waals surface area contributed by atoms with Crippen molar-refractivity contribution in [3.8, 4) is 5.75 Å². The van der Waals surface area contributed by atoms with Crippen molar-refractivity contribution in [2.75, 3.05) is 19.8 Å². The number of likely N-dealkylation sites (tertiary alicyclic amines) is 1. The van der Waals surface area contributed by atoms with Gasteiger partial charge in [0.1, 0.15) is 5.75 Å². The van der Waals surface area contributed by atoms with Crippen LogP contribution < -0.4 is 4.74 Å². The van der Waals surface area contributed by atoms with Crippen LogP contribution in [0.3, 0.4) is 0 Å². The fraction of sp³-hybridized carbons (Fsp3) is 0.464. The van der Waals surface area contributed by atoms with E-state index < -0.39 is 6.36 Å². The zero-order chi connectivity index (χ0) is 25.1. The van der Waals surface area contributed by atoms with Crippen LogP contribution in [-0.4, -0.2) is 52.8 Å². The minimum Gasteiger partial charge on any atom is -0.406 e. The molecule has 0 bridgehead atoms. The van der Waals surface area contributed by atoms with Crippen LogP contribution in [-0.2, 0) is 11.3 Å². The van der Waals surface area contributed by atoms with Gasteiger partial charge in [-0.15, -0.1) is 13.2 Å². The molecule has 1 saturated carbocycles. The fourth-order valence-electron chi connectivity index (χ4n) is 5.75. The van der Waals surface area contributed by atoms with Crippen molar-refractivity contribution in [2.24, 2.45) is 5.92 Å². The molecule has 192 valence electrons. The maximum Gasteiger partial charge on any atom is 0.573 e. The monoisotopic (exact) mass is 499 g/mol. The van der Waals surface area contributed by atoms with Gasteiger partial charge in [-0.25, -0.2) is 0 Å². The molecule has 0 spiro atoms. The van der Waals surface area contributed by atoms with Crippen molar-refractivity contribution >= 4 is 5.91 Å². The van der Waals surface area contributed by atoms with Crippen molar-refractivity contribution in [1.82, 2.24) is 14.7 Å². The van der Waals surface area contributed by atoms with Gasteiger partial charge in [0, 0.05) is 49.9 Å². The van der Waals surface area contributed by atoms with E-state index in [-0.39, 0.29) is 29.5 Å². The third-order valence-electron chi connectivity index (χ3n) is 7.54. The number of amides is 1. The Morgan fingerprint density at radius 3 is 2.36 bits per heavy atom. The smallest absolute Gasteiger partial charge is 0.406 e.